The summed E-state index contributed by atoms with van der Waals surface area (Å²) in [5.41, 5.74) is 0.911. The molecule has 0 fully saturated rings. The van der Waals surface area contributed by atoms with Gasteiger partial charge < -0.3 is 19.7 Å². The number of ether oxygens (including phenoxy) is 2. The van der Waals surface area contributed by atoms with Crippen LogP contribution in [-0.2, 0) is 0 Å². The summed E-state index contributed by atoms with van der Waals surface area (Å²) in [5, 5.41) is 2.76. The fourth-order valence-corrected chi connectivity index (χ4v) is 1.77. The topological polar surface area (TPSA) is 76.6 Å². The highest BCUT2D eigenvalue weighted by Crippen LogP contribution is 2.29. The Labute approximate surface area is 128 Å². The monoisotopic (exact) mass is 302 g/mol. The van der Waals surface area contributed by atoms with Crippen LogP contribution < -0.4 is 19.7 Å². The minimum absolute atomic E-state index is 0.311. The van der Waals surface area contributed by atoms with Crippen molar-refractivity contribution in [3.63, 3.8) is 0 Å². The van der Waals surface area contributed by atoms with Crippen LogP contribution in [0.3, 0.4) is 0 Å². The van der Waals surface area contributed by atoms with Crippen molar-refractivity contribution < 1.29 is 14.3 Å². The average Bonchev–Trinajstić information content (AvgIpc) is 2.55. The molecular formula is C15H18N4O3. The van der Waals surface area contributed by atoms with Gasteiger partial charge in [-0.2, -0.15) is 0 Å². The number of anilines is 2. The molecule has 0 saturated carbocycles. The number of nitrogens with one attached hydrogen (secondary N) is 1. The summed E-state index contributed by atoms with van der Waals surface area (Å²) in [6.07, 6.45) is 2.96. The Balaban J connectivity index is 2.18. The van der Waals surface area contributed by atoms with Gasteiger partial charge in [-0.15, -0.1) is 0 Å². The van der Waals surface area contributed by atoms with E-state index in [9.17, 15) is 4.79 Å². The number of methoxy groups -OCH3 is 2. The van der Waals surface area contributed by atoms with Crippen molar-refractivity contribution in [1.29, 1.82) is 0 Å². The molecule has 0 radical (unpaired) electrons. The molecule has 0 bridgehead atoms. The first kappa shape index (κ1) is 15.6. The normalized spacial score (nSPS) is 10.0. The molecule has 0 unspecified atom stereocenters. The number of nitrogens with zero attached hydrogens (tertiary/aromatic N) is 3. The predicted octanol–water partition coefficient (Wildman–Crippen LogP) is 1.81. The molecule has 0 aliphatic rings. The van der Waals surface area contributed by atoms with E-state index in [1.165, 1.54) is 19.5 Å². The van der Waals surface area contributed by atoms with Gasteiger partial charge in [0.05, 0.1) is 25.5 Å². The number of benzene rings is 1. The van der Waals surface area contributed by atoms with Gasteiger partial charge in [-0.1, -0.05) is 0 Å². The van der Waals surface area contributed by atoms with Crippen molar-refractivity contribution in [2.45, 2.75) is 0 Å². The number of hydrogen-bond donors (Lipinski definition) is 1. The fourth-order valence-electron chi connectivity index (χ4n) is 1.77. The van der Waals surface area contributed by atoms with E-state index in [2.05, 4.69) is 15.3 Å². The van der Waals surface area contributed by atoms with Crippen molar-refractivity contribution in [2.24, 2.45) is 0 Å². The van der Waals surface area contributed by atoms with Gasteiger partial charge in [-0.3, -0.25) is 4.79 Å². The molecule has 1 amide bonds. The number of rotatable bonds is 5. The summed E-state index contributed by atoms with van der Waals surface area (Å²) in [7, 11) is 6.75. The highest BCUT2D eigenvalue weighted by atomic mass is 16.5. The van der Waals surface area contributed by atoms with Crippen LogP contribution in [0.25, 0.3) is 0 Å². The van der Waals surface area contributed by atoms with E-state index in [0.717, 1.165) is 0 Å². The SMILES string of the molecule is COc1ccc(NC(=O)c2cnc(N(C)C)nc2)c(OC)c1. The molecule has 116 valence electrons. The fraction of sp³-hybridized carbons (Fsp3) is 0.267. The van der Waals surface area contributed by atoms with Crippen LogP contribution in [0.4, 0.5) is 11.6 Å². The molecule has 0 spiro atoms. The van der Waals surface area contributed by atoms with Crippen LogP contribution in [0.15, 0.2) is 30.6 Å². The van der Waals surface area contributed by atoms with Gasteiger partial charge >= 0.3 is 0 Å². The molecule has 1 aromatic heterocycles. The van der Waals surface area contributed by atoms with Gasteiger partial charge in [0.25, 0.3) is 5.91 Å². The summed E-state index contributed by atoms with van der Waals surface area (Å²) >= 11 is 0. The molecule has 1 N–H and O–H groups in total. The number of amides is 1. The van der Waals surface area contributed by atoms with Gasteiger partial charge in [0.2, 0.25) is 5.95 Å². The maximum absolute atomic E-state index is 12.2. The lowest BCUT2D eigenvalue weighted by atomic mass is 10.2. The van der Waals surface area contributed by atoms with E-state index >= 15 is 0 Å². The second-order valence-corrected chi connectivity index (χ2v) is 4.69. The molecule has 1 aromatic carbocycles. The van der Waals surface area contributed by atoms with Crippen molar-refractivity contribution in [2.75, 3.05) is 38.5 Å². The Kier molecular flexibility index (Phi) is 4.77. The second-order valence-electron chi connectivity index (χ2n) is 4.69. The van der Waals surface area contributed by atoms with Crippen LogP contribution in [0.2, 0.25) is 0 Å². The zero-order valence-electron chi connectivity index (χ0n) is 13.0. The number of aromatic nitrogens is 2. The van der Waals surface area contributed by atoms with Crippen LogP contribution >= 0.6 is 0 Å². The standard InChI is InChI=1S/C15H18N4O3/c1-19(2)15-16-8-10(9-17-15)14(20)18-12-6-5-11(21-3)7-13(12)22-4/h5-9H,1-4H3,(H,18,20). The lowest BCUT2D eigenvalue weighted by Crippen LogP contribution is -2.16. The molecule has 1 heterocycles. The maximum atomic E-state index is 12.2. The van der Waals surface area contributed by atoms with Crippen LogP contribution in [0, 0.1) is 0 Å². The molecule has 7 heteroatoms. The zero-order valence-corrected chi connectivity index (χ0v) is 13.0. The van der Waals surface area contributed by atoms with Gasteiger partial charge in [-0.05, 0) is 12.1 Å². The molecule has 0 atom stereocenters. The number of hydrogen-bond acceptors (Lipinski definition) is 6. The van der Waals surface area contributed by atoms with E-state index in [1.807, 2.05) is 14.1 Å². The summed E-state index contributed by atoms with van der Waals surface area (Å²) < 4.78 is 10.4. The third kappa shape index (κ3) is 3.43. The van der Waals surface area contributed by atoms with E-state index in [0.29, 0.717) is 28.7 Å². The minimum Gasteiger partial charge on any atom is -0.497 e. The largest absolute Gasteiger partial charge is 0.497 e. The molecule has 2 aromatic rings. The van der Waals surface area contributed by atoms with Crippen molar-refractivity contribution in [3.05, 3.63) is 36.2 Å². The summed E-state index contributed by atoms with van der Waals surface area (Å²) in [6.45, 7) is 0. The van der Waals surface area contributed by atoms with Gasteiger partial charge in [0, 0.05) is 32.6 Å². The van der Waals surface area contributed by atoms with Crippen molar-refractivity contribution in [3.8, 4) is 11.5 Å². The van der Waals surface area contributed by atoms with Gasteiger partial charge in [0.1, 0.15) is 11.5 Å². The van der Waals surface area contributed by atoms with Crippen LogP contribution in [0.1, 0.15) is 10.4 Å². The second kappa shape index (κ2) is 6.75. The van der Waals surface area contributed by atoms with Crippen LogP contribution in [0.5, 0.6) is 11.5 Å². The Morgan fingerprint density at radius 1 is 1.14 bits per heavy atom. The van der Waals surface area contributed by atoms with Crippen molar-refractivity contribution in [1.82, 2.24) is 9.97 Å². The van der Waals surface area contributed by atoms with E-state index in [1.54, 1.807) is 30.2 Å². The van der Waals surface area contributed by atoms with E-state index < -0.39 is 0 Å². The first-order chi connectivity index (χ1) is 10.5. The number of carbonyl (C=O) groups excluding carboxylic acids is 1. The smallest absolute Gasteiger partial charge is 0.258 e. The predicted molar refractivity (Wildman–Crippen MR) is 83.9 cm³/mol. The first-order valence-electron chi connectivity index (χ1n) is 6.58. The molecule has 7 nitrogen and oxygen atoms in total. The Morgan fingerprint density at radius 2 is 1.82 bits per heavy atom. The lowest BCUT2D eigenvalue weighted by Gasteiger charge is -2.12. The highest BCUT2D eigenvalue weighted by molar-refractivity contribution is 6.04. The highest BCUT2D eigenvalue weighted by Gasteiger charge is 2.12. The lowest BCUT2D eigenvalue weighted by molar-refractivity contribution is 0.102. The maximum Gasteiger partial charge on any atom is 0.258 e. The molecule has 2 rings (SSSR count). The average molecular weight is 302 g/mol. The van der Waals surface area contributed by atoms with Crippen LogP contribution in [-0.4, -0.2) is 44.2 Å². The summed E-state index contributed by atoms with van der Waals surface area (Å²) in [4.78, 5) is 22.2. The third-order valence-electron chi connectivity index (χ3n) is 2.96. The molecule has 0 saturated heterocycles. The first-order valence-corrected chi connectivity index (χ1v) is 6.58. The summed E-state index contributed by atoms with van der Waals surface area (Å²) in [6, 6.07) is 5.15. The third-order valence-corrected chi connectivity index (χ3v) is 2.96. The minimum atomic E-state index is -0.311. The number of carbonyl (C=O) groups is 1. The molecular weight excluding hydrogens is 284 g/mol. The summed E-state index contributed by atoms with van der Waals surface area (Å²) in [5.74, 6) is 1.39. The molecule has 22 heavy (non-hydrogen) atoms. The zero-order chi connectivity index (χ0) is 16.1. The Morgan fingerprint density at radius 3 is 2.36 bits per heavy atom. The molecule has 0 aliphatic carbocycles. The van der Waals surface area contributed by atoms with Crippen molar-refractivity contribution >= 4 is 17.5 Å². The van der Waals surface area contributed by atoms with E-state index in [4.69, 9.17) is 9.47 Å². The van der Waals surface area contributed by atoms with Gasteiger partial charge in [-0.25, -0.2) is 9.97 Å². The molecule has 0 aliphatic heterocycles. The van der Waals surface area contributed by atoms with Gasteiger partial charge in [0.15, 0.2) is 0 Å². The van der Waals surface area contributed by atoms with E-state index in [-0.39, 0.29) is 5.91 Å². The quantitative estimate of drug-likeness (QED) is 0.907. The Bertz CT molecular complexity index is 656. The Hall–Kier alpha value is -2.83.